The van der Waals surface area contributed by atoms with Crippen molar-refractivity contribution >= 4 is 16.8 Å². The molecule has 0 fully saturated rings. The van der Waals surface area contributed by atoms with E-state index in [-0.39, 0.29) is 17.5 Å². The minimum atomic E-state index is -0.244. The fourth-order valence-corrected chi connectivity index (χ4v) is 2.61. The van der Waals surface area contributed by atoms with Gasteiger partial charge in [-0.3, -0.25) is 9.59 Å². The largest absolute Gasteiger partial charge is 0.333 e. The van der Waals surface area contributed by atoms with Crippen LogP contribution in [0.2, 0.25) is 0 Å². The van der Waals surface area contributed by atoms with Crippen molar-refractivity contribution in [3.63, 3.8) is 0 Å². The molecule has 5 nitrogen and oxygen atoms in total. The Labute approximate surface area is 130 Å². The molecule has 0 radical (unpaired) electrons. The highest BCUT2D eigenvalue weighted by Gasteiger charge is 2.20. The molecule has 118 valence electrons. The van der Waals surface area contributed by atoms with Crippen LogP contribution in [0.5, 0.6) is 0 Å². The fourth-order valence-electron chi connectivity index (χ4n) is 2.61. The summed E-state index contributed by atoms with van der Waals surface area (Å²) in [7, 11) is 0. The number of fused-ring (bicyclic) bond motifs is 1. The Morgan fingerprint density at radius 1 is 1.32 bits per heavy atom. The molecule has 2 rings (SSSR count). The zero-order chi connectivity index (χ0) is 16.1. The van der Waals surface area contributed by atoms with E-state index in [0.29, 0.717) is 23.3 Å². The van der Waals surface area contributed by atoms with E-state index >= 15 is 0 Å². The van der Waals surface area contributed by atoms with Gasteiger partial charge in [0, 0.05) is 13.5 Å². The highest BCUT2D eigenvalue weighted by molar-refractivity contribution is 5.77. The third kappa shape index (κ3) is 3.53. The van der Waals surface area contributed by atoms with Gasteiger partial charge < -0.3 is 9.88 Å². The summed E-state index contributed by atoms with van der Waals surface area (Å²) in [6.07, 6.45) is 3.14. The van der Waals surface area contributed by atoms with Crippen molar-refractivity contribution in [3.8, 4) is 0 Å². The third-order valence-corrected chi connectivity index (χ3v) is 3.90. The first-order valence-electron chi connectivity index (χ1n) is 7.80. The Balaban J connectivity index is 2.32. The van der Waals surface area contributed by atoms with Crippen LogP contribution in [0.25, 0.3) is 10.9 Å². The van der Waals surface area contributed by atoms with Crippen molar-refractivity contribution in [1.82, 2.24) is 14.9 Å². The molecule has 0 spiro atoms. The van der Waals surface area contributed by atoms with Crippen LogP contribution in [0, 0.1) is 0 Å². The Kier molecular flexibility index (Phi) is 5.31. The highest BCUT2D eigenvalue weighted by Crippen LogP contribution is 2.18. The van der Waals surface area contributed by atoms with Gasteiger partial charge in [0.05, 0.1) is 16.9 Å². The van der Waals surface area contributed by atoms with Crippen molar-refractivity contribution in [2.75, 3.05) is 6.54 Å². The van der Waals surface area contributed by atoms with Crippen molar-refractivity contribution in [2.24, 2.45) is 0 Å². The lowest BCUT2D eigenvalue weighted by Crippen LogP contribution is -2.34. The molecule has 1 aromatic carbocycles. The molecule has 0 aliphatic rings. The molecule has 5 heteroatoms. The smallest absolute Gasteiger partial charge is 0.258 e. The van der Waals surface area contributed by atoms with Crippen LogP contribution in [0.4, 0.5) is 0 Å². The number of hydrogen-bond donors (Lipinski definition) is 1. The summed E-state index contributed by atoms with van der Waals surface area (Å²) in [5.41, 5.74) is 0.495. The molecule has 0 aliphatic carbocycles. The van der Waals surface area contributed by atoms with Gasteiger partial charge in [-0.15, -0.1) is 0 Å². The summed E-state index contributed by atoms with van der Waals surface area (Å²) >= 11 is 0. The minimum Gasteiger partial charge on any atom is -0.333 e. The van der Waals surface area contributed by atoms with Gasteiger partial charge in [0.2, 0.25) is 5.91 Å². The summed E-state index contributed by atoms with van der Waals surface area (Å²) in [5.74, 6) is 0.537. The van der Waals surface area contributed by atoms with Crippen molar-refractivity contribution < 1.29 is 4.79 Å². The molecule has 0 bridgehead atoms. The first-order chi connectivity index (χ1) is 10.5. The molecule has 0 saturated heterocycles. The predicted molar refractivity (Wildman–Crippen MR) is 87.7 cm³/mol. The van der Waals surface area contributed by atoms with E-state index in [0.717, 1.165) is 19.3 Å². The van der Waals surface area contributed by atoms with Crippen LogP contribution >= 0.6 is 0 Å². The van der Waals surface area contributed by atoms with Gasteiger partial charge in [0.15, 0.2) is 0 Å². The number of aromatic amines is 1. The standard InChI is InChI=1S/C17H23N3O2/c1-4-5-8-11-20(13(3)21)12(2)16-18-15-10-7-6-9-14(15)17(22)19-16/h6-7,9-10,12H,4-5,8,11H2,1-3H3,(H,18,19,22). The van der Waals surface area contributed by atoms with Crippen LogP contribution in [0.1, 0.15) is 51.9 Å². The topological polar surface area (TPSA) is 66.1 Å². The maximum atomic E-state index is 12.2. The van der Waals surface area contributed by atoms with Crippen molar-refractivity contribution in [2.45, 2.75) is 46.1 Å². The lowest BCUT2D eigenvalue weighted by atomic mass is 10.2. The van der Waals surface area contributed by atoms with Crippen LogP contribution in [-0.2, 0) is 4.79 Å². The van der Waals surface area contributed by atoms with E-state index in [1.807, 2.05) is 25.1 Å². The second-order valence-electron chi connectivity index (χ2n) is 5.56. The Hall–Kier alpha value is -2.17. The number of para-hydroxylation sites is 1. The minimum absolute atomic E-state index is 0.000546. The molecule has 1 unspecified atom stereocenters. The number of unbranched alkanes of at least 4 members (excludes halogenated alkanes) is 2. The highest BCUT2D eigenvalue weighted by atomic mass is 16.2. The molecule has 1 N–H and O–H groups in total. The second-order valence-corrected chi connectivity index (χ2v) is 5.56. The summed E-state index contributed by atoms with van der Waals surface area (Å²) in [4.78, 5) is 33.2. The van der Waals surface area contributed by atoms with E-state index in [4.69, 9.17) is 0 Å². The number of carbonyl (C=O) groups excluding carboxylic acids is 1. The number of aromatic nitrogens is 2. The van der Waals surface area contributed by atoms with Gasteiger partial charge in [-0.25, -0.2) is 4.98 Å². The normalized spacial score (nSPS) is 12.3. The maximum Gasteiger partial charge on any atom is 0.258 e. The quantitative estimate of drug-likeness (QED) is 0.834. The predicted octanol–water partition coefficient (Wildman–Crippen LogP) is 3.02. The molecule has 1 amide bonds. The average Bonchev–Trinajstić information content (AvgIpc) is 2.50. The number of nitrogens with zero attached hydrogens (tertiary/aromatic N) is 2. The molecule has 22 heavy (non-hydrogen) atoms. The molecular formula is C17H23N3O2. The number of amides is 1. The number of hydrogen-bond acceptors (Lipinski definition) is 3. The number of carbonyl (C=O) groups is 1. The Bertz CT molecular complexity index is 708. The van der Waals surface area contributed by atoms with Gasteiger partial charge >= 0.3 is 0 Å². The van der Waals surface area contributed by atoms with Gasteiger partial charge in [0.25, 0.3) is 5.56 Å². The summed E-state index contributed by atoms with van der Waals surface area (Å²) in [6.45, 7) is 6.27. The van der Waals surface area contributed by atoms with E-state index in [9.17, 15) is 9.59 Å². The molecular weight excluding hydrogens is 278 g/mol. The molecule has 2 aromatic rings. The summed E-state index contributed by atoms with van der Waals surface area (Å²) < 4.78 is 0. The zero-order valence-corrected chi connectivity index (χ0v) is 13.4. The van der Waals surface area contributed by atoms with Gasteiger partial charge in [-0.2, -0.15) is 0 Å². The lowest BCUT2D eigenvalue weighted by molar-refractivity contribution is -0.131. The SMILES string of the molecule is CCCCCN(C(C)=O)C(C)c1nc2ccccc2c(=O)[nH]1. The lowest BCUT2D eigenvalue weighted by Gasteiger charge is -2.27. The van der Waals surface area contributed by atoms with Gasteiger partial charge in [-0.1, -0.05) is 31.9 Å². The second kappa shape index (κ2) is 7.20. The third-order valence-electron chi connectivity index (χ3n) is 3.90. The van der Waals surface area contributed by atoms with E-state index in [2.05, 4.69) is 16.9 Å². The van der Waals surface area contributed by atoms with Crippen molar-refractivity contribution in [1.29, 1.82) is 0 Å². The van der Waals surface area contributed by atoms with Gasteiger partial charge in [0.1, 0.15) is 5.82 Å². The molecule has 0 saturated carbocycles. The van der Waals surface area contributed by atoms with Crippen LogP contribution in [0.15, 0.2) is 29.1 Å². The number of H-pyrrole nitrogens is 1. The maximum absolute atomic E-state index is 12.2. The number of benzene rings is 1. The van der Waals surface area contributed by atoms with Crippen molar-refractivity contribution in [3.05, 3.63) is 40.4 Å². The Morgan fingerprint density at radius 3 is 2.73 bits per heavy atom. The molecule has 0 aliphatic heterocycles. The average molecular weight is 301 g/mol. The van der Waals surface area contributed by atoms with Crippen LogP contribution < -0.4 is 5.56 Å². The van der Waals surface area contributed by atoms with E-state index < -0.39 is 0 Å². The van der Waals surface area contributed by atoms with E-state index in [1.54, 1.807) is 17.9 Å². The first-order valence-corrected chi connectivity index (χ1v) is 7.80. The zero-order valence-electron chi connectivity index (χ0n) is 13.4. The number of rotatable bonds is 6. The number of nitrogens with one attached hydrogen (secondary N) is 1. The van der Waals surface area contributed by atoms with Gasteiger partial charge in [-0.05, 0) is 25.5 Å². The summed E-state index contributed by atoms with van der Waals surface area (Å²) in [5, 5.41) is 0.568. The van der Waals surface area contributed by atoms with Crippen LogP contribution in [0.3, 0.4) is 0 Å². The molecule has 1 heterocycles. The molecule has 1 atom stereocenters. The Morgan fingerprint density at radius 2 is 2.05 bits per heavy atom. The summed E-state index contributed by atoms with van der Waals surface area (Å²) in [6, 6.07) is 6.99. The fraction of sp³-hybridized carbons (Fsp3) is 0.471. The van der Waals surface area contributed by atoms with Crippen LogP contribution in [-0.4, -0.2) is 27.3 Å². The molecule has 1 aromatic heterocycles. The van der Waals surface area contributed by atoms with E-state index in [1.165, 1.54) is 0 Å². The first kappa shape index (κ1) is 16.2. The monoisotopic (exact) mass is 301 g/mol.